The molecule has 1 amide bonds. The Morgan fingerprint density at radius 2 is 1.90 bits per heavy atom. The Kier molecular flexibility index (Phi) is 4.12. The molecule has 21 heavy (non-hydrogen) atoms. The Labute approximate surface area is 124 Å². The molecule has 1 aromatic carbocycles. The van der Waals surface area contributed by atoms with Crippen molar-refractivity contribution < 1.29 is 9.52 Å². The van der Waals surface area contributed by atoms with Gasteiger partial charge < -0.3 is 16.3 Å². The third-order valence-corrected chi connectivity index (χ3v) is 3.41. The van der Waals surface area contributed by atoms with E-state index in [2.05, 4.69) is 5.32 Å². The van der Waals surface area contributed by atoms with Crippen molar-refractivity contribution in [2.45, 2.75) is 19.8 Å². The predicted molar refractivity (Wildman–Crippen MR) is 83.0 cm³/mol. The molecule has 0 radical (unpaired) electrons. The number of carbonyl (C=O) groups excluding carboxylic acids is 1. The van der Waals surface area contributed by atoms with E-state index in [0.29, 0.717) is 10.3 Å². The van der Waals surface area contributed by atoms with Gasteiger partial charge in [0.05, 0.1) is 16.8 Å². The zero-order chi connectivity index (χ0) is 15.6. The first-order chi connectivity index (χ1) is 9.97. The molecule has 0 aliphatic heterocycles. The summed E-state index contributed by atoms with van der Waals surface area (Å²) in [7, 11) is 1.77. The molecule has 1 heterocycles. The SMILES string of the molecule is CNc1c(-c2ccccc2)c[n+]([O-])c(C(N)=O)c1C(C)C. The van der Waals surface area contributed by atoms with Crippen LogP contribution in [0.3, 0.4) is 0 Å². The van der Waals surface area contributed by atoms with Gasteiger partial charge in [-0.2, -0.15) is 4.73 Å². The van der Waals surface area contributed by atoms with Crippen molar-refractivity contribution in [1.82, 2.24) is 0 Å². The maximum Gasteiger partial charge on any atom is 0.315 e. The average molecular weight is 285 g/mol. The lowest BCUT2D eigenvalue weighted by Crippen LogP contribution is -2.39. The Morgan fingerprint density at radius 1 is 1.29 bits per heavy atom. The number of nitrogens with zero attached hydrogens (tertiary/aromatic N) is 1. The molecule has 0 aliphatic rings. The molecule has 1 aromatic heterocycles. The van der Waals surface area contributed by atoms with Crippen LogP contribution in [0.2, 0.25) is 0 Å². The van der Waals surface area contributed by atoms with E-state index in [-0.39, 0.29) is 11.6 Å². The molecule has 3 N–H and O–H groups in total. The number of benzene rings is 1. The van der Waals surface area contributed by atoms with E-state index >= 15 is 0 Å². The van der Waals surface area contributed by atoms with E-state index in [9.17, 15) is 10.0 Å². The second-order valence-electron chi connectivity index (χ2n) is 5.14. The highest BCUT2D eigenvalue weighted by Gasteiger charge is 2.27. The van der Waals surface area contributed by atoms with Crippen LogP contribution in [0.1, 0.15) is 35.8 Å². The maximum atomic E-state index is 12.2. The number of pyridine rings is 1. The summed E-state index contributed by atoms with van der Waals surface area (Å²) in [6.45, 7) is 3.86. The minimum absolute atomic E-state index is 0.00553. The van der Waals surface area contributed by atoms with E-state index in [1.54, 1.807) is 7.05 Å². The maximum absolute atomic E-state index is 12.2. The summed E-state index contributed by atoms with van der Waals surface area (Å²) >= 11 is 0. The number of hydrogen-bond donors (Lipinski definition) is 2. The molecular formula is C16H19N3O2. The van der Waals surface area contributed by atoms with Crippen LogP contribution in [0.15, 0.2) is 36.5 Å². The second kappa shape index (κ2) is 5.83. The van der Waals surface area contributed by atoms with Gasteiger partial charge in [0.25, 0.3) is 5.69 Å². The Hall–Kier alpha value is -2.56. The van der Waals surface area contributed by atoms with E-state index in [0.717, 1.165) is 16.8 Å². The molecule has 5 nitrogen and oxygen atoms in total. The van der Waals surface area contributed by atoms with E-state index in [1.807, 2.05) is 44.2 Å². The van der Waals surface area contributed by atoms with Crippen molar-refractivity contribution in [3.8, 4) is 11.1 Å². The average Bonchev–Trinajstić information content (AvgIpc) is 2.46. The highest BCUT2D eigenvalue weighted by atomic mass is 16.5. The van der Waals surface area contributed by atoms with Gasteiger partial charge in [0.1, 0.15) is 0 Å². The summed E-state index contributed by atoms with van der Waals surface area (Å²) < 4.78 is 0.570. The lowest BCUT2D eigenvalue weighted by molar-refractivity contribution is -0.607. The topological polar surface area (TPSA) is 82.1 Å². The van der Waals surface area contributed by atoms with Crippen LogP contribution < -0.4 is 15.8 Å². The second-order valence-corrected chi connectivity index (χ2v) is 5.14. The van der Waals surface area contributed by atoms with Gasteiger partial charge in [-0.15, -0.1) is 0 Å². The summed E-state index contributed by atoms with van der Waals surface area (Å²) in [5.74, 6) is -0.733. The van der Waals surface area contributed by atoms with Gasteiger partial charge in [-0.25, -0.2) is 0 Å². The number of carbonyl (C=O) groups is 1. The number of nitrogens with two attached hydrogens (primary N) is 1. The van der Waals surface area contributed by atoms with Crippen LogP contribution in [0.5, 0.6) is 0 Å². The first-order valence-corrected chi connectivity index (χ1v) is 6.80. The Balaban J connectivity index is 2.83. The number of anilines is 1. The summed E-state index contributed by atoms with van der Waals surface area (Å²) in [6.07, 6.45) is 1.40. The third kappa shape index (κ3) is 2.67. The summed E-state index contributed by atoms with van der Waals surface area (Å²) in [5.41, 5.74) is 8.43. The predicted octanol–water partition coefficient (Wildman–Crippen LogP) is 2.25. The largest absolute Gasteiger partial charge is 0.618 e. The fourth-order valence-corrected chi connectivity index (χ4v) is 2.54. The van der Waals surface area contributed by atoms with Gasteiger partial charge >= 0.3 is 5.91 Å². The molecule has 0 fully saturated rings. The van der Waals surface area contributed by atoms with E-state index in [1.165, 1.54) is 6.20 Å². The van der Waals surface area contributed by atoms with Gasteiger partial charge in [-0.3, -0.25) is 4.79 Å². The van der Waals surface area contributed by atoms with Crippen LogP contribution in [-0.2, 0) is 0 Å². The number of primary amides is 1. The Morgan fingerprint density at radius 3 is 2.38 bits per heavy atom. The summed E-state index contributed by atoms with van der Waals surface area (Å²) in [4.78, 5) is 11.6. The van der Waals surface area contributed by atoms with Gasteiger partial charge in [0.15, 0.2) is 6.20 Å². The van der Waals surface area contributed by atoms with E-state index < -0.39 is 5.91 Å². The minimum Gasteiger partial charge on any atom is -0.618 e. The molecule has 0 saturated heterocycles. The minimum atomic E-state index is -0.718. The van der Waals surface area contributed by atoms with Gasteiger partial charge in [-0.05, 0) is 11.5 Å². The standard InChI is InChI=1S/C16H19N3O2/c1-10(2)13-14(18-3)12(11-7-5-4-6-8-11)9-19(21)15(13)16(17)20/h4-10,18H,1-3H3,(H2,17,20). The Bertz CT molecular complexity index is 667. The zero-order valence-electron chi connectivity index (χ0n) is 12.4. The molecule has 0 bridgehead atoms. The van der Waals surface area contributed by atoms with Crippen molar-refractivity contribution in [2.75, 3.05) is 12.4 Å². The van der Waals surface area contributed by atoms with Crippen LogP contribution in [0, 0.1) is 5.21 Å². The number of rotatable bonds is 4. The number of amides is 1. The molecule has 0 atom stereocenters. The highest BCUT2D eigenvalue weighted by Crippen LogP contribution is 2.34. The van der Waals surface area contributed by atoms with Crippen molar-refractivity contribution in [3.63, 3.8) is 0 Å². The van der Waals surface area contributed by atoms with Crippen molar-refractivity contribution in [3.05, 3.63) is 53.0 Å². The van der Waals surface area contributed by atoms with Gasteiger partial charge in [-0.1, -0.05) is 44.2 Å². The quantitative estimate of drug-likeness (QED) is 0.667. The molecule has 0 saturated carbocycles. The molecule has 0 unspecified atom stereocenters. The van der Waals surface area contributed by atoms with Crippen LogP contribution in [0.4, 0.5) is 5.69 Å². The fraction of sp³-hybridized carbons (Fsp3) is 0.250. The molecule has 5 heteroatoms. The van der Waals surface area contributed by atoms with E-state index in [4.69, 9.17) is 5.73 Å². The number of nitrogens with one attached hydrogen (secondary N) is 1. The van der Waals surface area contributed by atoms with Gasteiger partial charge in [0, 0.05) is 7.05 Å². The number of aromatic nitrogens is 1. The van der Waals surface area contributed by atoms with Crippen molar-refractivity contribution in [1.29, 1.82) is 0 Å². The fourth-order valence-electron chi connectivity index (χ4n) is 2.54. The summed E-state index contributed by atoms with van der Waals surface area (Å²) in [6, 6.07) is 9.56. The number of hydrogen-bond acceptors (Lipinski definition) is 3. The van der Waals surface area contributed by atoms with Crippen molar-refractivity contribution in [2.24, 2.45) is 5.73 Å². The van der Waals surface area contributed by atoms with Crippen molar-refractivity contribution >= 4 is 11.6 Å². The van der Waals surface area contributed by atoms with Crippen LogP contribution in [-0.4, -0.2) is 13.0 Å². The van der Waals surface area contributed by atoms with Crippen LogP contribution >= 0.6 is 0 Å². The molecule has 2 aromatic rings. The first-order valence-electron chi connectivity index (χ1n) is 6.80. The zero-order valence-corrected chi connectivity index (χ0v) is 12.4. The highest BCUT2D eigenvalue weighted by molar-refractivity contribution is 5.94. The molecule has 110 valence electrons. The molecule has 0 spiro atoms. The summed E-state index contributed by atoms with van der Waals surface area (Å²) in [5, 5.41) is 15.3. The monoisotopic (exact) mass is 285 g/mol. The molecular weight excluding hydrogens is 266 g/mol. The third-order valence-electron chi connectivity index (χ3n) is 3.41. The van der Waals surface area contributed by atoms with Gasteiger partial charge in [0.2, 0.25) is 0 Å². The lowest BCUT2D eigenvalue weighted by atomic mass is 9.93. The van der Waals surface area contributed by atoms with Crippen LogP contribution in [0.25, 0.3) is 11.1 Å². The molecule has 2 rings (SSSR count). The normalized spacial score (nSPS) is 10.7. The smallest absolute Gasteiger partial charge is 0.315 e. The molecule has 0 aliphatic carbocycles. The lowest BCUT2D eigenvalue weighted by Gasteiger charge is -2.19. The first kappa shape index (κ1) is 14.8.